The Balaban J connectivity index is 1.31. The van der Waals surface area contributed by atoms with Crippen LogP contribution in [0.1, 0.15) is 10.4 Å². The number of aromatic nitrogens is 2. The molecule has 4 rings (SSSR count). The molecule has 2 aromatic carbocycles. The summed E-state index contributed by atoms with van der Waals surface area (Å²) in [4.78, 5) is 28.7. The second kappa shape index (κ2) is 9.44. The summed E-state index contributed by atoms with van der Waals surface area (Å²) in [5, 5.41) is 7.02. The summed E-state index contributed by atoms with van der Waals surface area (Å²) in [5.74, 6) is -0.465. The second-order valence-electron chi connectivity index (χ2n) is 7.35. The fourth-order valence-electron chi connectivity index (χ4n) is 3.46. The molecule has 8 nitrogen and oxygen atoms in total. The lowest BCUT2D eigenvalue weighted by Gasteiger charge is -2.28. The van der Waals surface area contributed by atoms with E-state index in [1.54, 1.807) is 30.1 Å². The lowest BCUT2D eigenvalue weighted by Crippen LogP contribution is -2.36. The van der Waals surface area contributed by atoms with Crippen molar-refractivity contribution in [2.24, 2.45) is 0 Å². The van der Waals surface area contributed by atoms with Crippen molar-refractivity contribution in [2.75, 3.05) is 50.1 Å². The molecule has 1 aromatic heterocycles. The summed E-state index contributed by atoms with van der Waals surface area (Å²) < 4.78 is 7.09. The zero-order chi connectivity index (χ0) is 21.6. The maximum absolute atomic E-state index is 12.7. The Morgan fingerprint density at radius 1 is 1.03 bits per heavy atom. The van der Waals surface area contributed by atoms with Crippen molar-refractivity contribution in [2.45, 2.75) is 0 Å². The van der Waals surface area contributed by atoms with Gasteiger partial charge in [-0.05, 0) is 54.6 Å². The fraction of sp³-hybridized carbons (Fsp3) is 0.261. The van der Waals surface area contributed by atoms with Crippen molar-refractivity contribution in [3.63, 3.8) is 0 Å². The first-order valence-electron chi connectivity index (χ1n) is 10.2. The van der Waals surface area contributed by atoms with Gasteiger partial charge in [-0.25, -0.2) is 4.68 Å². The van der Waals surface area contributed by atoms with Crippen LogP contribution in [0, 0.1) is 0 Å². The molecule has 0 aliphatic carbocycles. The van der Waals surface area contributed by atoms with E-state index in [1.807, 2.05) is 48.7 Å². The van der Waals surface area contributed by atoms with E-state index in [2.05, 4.69) is 15.3 Å². The molecule has 1 fully saturated rings. The van der Waals surface area contributed by atoms with E-state index in [9.17, 15) is 9.59 Å². The average Bonchev–Trinajstić information content (AvgIpc) is 3.35. The summed E-state index contributed by atoms with van der Waals surface area (Å²) >= 11 is 0. The normalized spacial score (nSPS) is 13.6. The predicted octanol–water partition coefficient (Wildman–Crippen LogP) is 2.42. The van der Waals surface area contributed by atoms with Gasteiger partial charge in [0.2, 0.25) is 5.91 Å². The number of hydrogen-bond donors (Lipinski definition) is 1. The van der Waals surface area contributed by atoms with Crippen molar-refractivity contribution >= 4 is 23.2 Å². The van der Waals surface area contributed by atoms with Gasteiger partial charge in [0.25, 0.3) is 5.91 Å². The third kappa shape index (κ3) is 5.10. The molecule has 0 unspecified atom stereocenters. The number of rotatable bonds is 6. The molecule has 1 saturated heterocycles. The number of anilines is 2. The number of nitrogens with zero attached hydrogens (tertiary/aromatic N) is 4. The quantitative estimate of drug-likeness (QED) is 0.664. The third-order valence-electron chi connectivity index (χ3n) is 5.14. The minimum Gasteiger partial charge on any atom is -0.378 e. The number of ether oxygens (including phenoxy) is 1. The number of benzene rings is 2. The number of carbonyl (C=O) groups excluding carboxylic acids is 2. The van der Waals surface area contributed by atoms with Gasteiger partial charge in [-0.15, -0.1) is 0 Å². The van der Waals surface area contributed by atoms with Crippen molar-refractivity contribution in [3.05, 3.63) is 72.6 Å². The number of likely N-dealkylation sites (N-methyl/N-ethyl adjacent to an activating group) is 1. The monoisotopic (exact) mass is 419 g/mol. The van der Waals surface area contributed by atoms with Crippen molar-refractivity contribution in [1.29, 1.82) is 0 Å². The van der Waals surface area contributed by atoms with Gasteiger partial charge in [0.1, 0.15) is 0 Å². The number of morpholine rings is 1. The van der Waals surface area contributed by atoms with Gasteiger partial charge >= 0.3 is 0 Å². The highest BCUT2D eigenvalue weighted by atomic mass is 16.5. The van der Waals surface area contributed by atoms with E-state index >= 15 is 0 Å². The maximum Gasteiger partial charge on any atom is 0.254 e. The Labute approximate surface area is 181 Å². The number of amides is 2. The Morgan fingerprint density at radius 2 is 1.71 bits per heavy atom. The smallest absolute Gasteiger partial charge is 0.254 e. The van der Waals surface area contributed by atoms with Gasteiger partial charge in [-0.3, -0.25) is 9.59 Å². The summed E-state index contributed by atoms with van der Waals surface area (Å²) in [7, 11) is 1.62. The van der Waals surface area contributed by atoms with Gasteiger partial charge in [0.05, 0.1) is 25.4 Å². The van der Waals surface area contributed by atoms with Crippen molar-refractivity contribution < 1.29 is 14.3 Å². The van der Waals surface area contributed by atoms with E-state index in [0.29, 0.717) is 11.3 Å². The molecule has 2 amide bonds. The SMILES string of the molecule is CN(CC(=O)Nc1ccc(N2CCOCC2)cc1)C(=O)c1ccc(-n2cccn2)cc1. The van der Waals surface area contributed by atoms with Crippen LogP contribution in [-0.4, -0.2) is 66.4 Å². The largest absolute Gasteiger partial charge is 0.378 e. The van der Waals surface area contributed by atoms with Crippen LogP contribution in [0.3, 0.4) is 0 Å². The van der Waals surface area contributed by atoms with Gasteiger partial charge < -0.3 is 19.9 Å². The van der Waals surface area contributed by atoms with Crippen LogP contribution in [0.5, 0.6) is 0 Å². The van der Waals surface area contributed by atoms with Gasteiger partial charge in [-0.1, -0.05) is 0 Å². The highest BCUT2D eigenvalue weighted by Crippen LogP contribution is 2.19. The third-order valence-corrected chi connectivity index (χ3v) is 5.14. The van der Waals surface area contributed by atoms with Crippen LogP contribution in [-0.2, 0) is 9.53 Å². The molecule has 0 spiro atoms. The molecule has 160 valence electrons. The minimum atomic E-state index is -0.247. The molecule has 1 aliphatic heterocycles. The van der Waals surface area contributed by atoms with E-state index in [-0.39, 0.29) is 18.4 Å². The number of hydrogen-bond acceptors (Lipinski definition) is 5. The molecule has 0 atom stereocenters. The van der Waals surface area contributed by atoms with Gasteiger partial charge in [-0.2, -0.15) is 5.10 Å². The number of carbonyl (C=O) groups is 2. The van der Waals surface area contributed by atoms with E-state index in [0.717, 1.165) is 37.7 Å². The van der Waals surface area contributed by atoms with E-state index < -0.39 is 0 Å². The first-order valence-corrected chi connectivity index (χ1v) is 10.2. The first-order chi connectivity index (χ1) is 15.1. The van der Waals surface area contributed by atoms with Crippen LogP contribution in [0.25, 0.3) is 5.69 Å². The van der Waals surface area contributed by atoms with Gasteiger partial charge in [0.15, 0.2) is 0 Å². The lowest BCUT2D eigenvalue weighted by molar-refractivity contribution is -0.116. The predicted molar refractivity (Wildman–Crippen MR) is 119 cm³/mol. The summed E-state index contributed by atoms with van der Waals surface area (Å²) in [6.07, 6.45) is 3.53. The molecule has 2 heterocycles. The van der Waals surface area contributed by atoms with Crippen LogP contribution < -0.4 is 10.2 Å². The highest BCUT2D eigenvalue weighted by Gasteiger charge is 2.16. The van der Waals surface area contributed by atoms with Crippen LogP contribution in [0.15, 0.2) is 67.0 Å². The second-order valence-corrected chi connectivity index (χ2v) is 7.35. The standard InChI is InChI=1S/C23H25N5O3/c1-26(23(30)18-3-7-21(8-4-18)28-12-2-11-24-28)17-22(29)25-19-5-9-20(10-6-19)27-13-15-31-16-14-27/h2-12H,13-17H2,1H3,(H,25,29). The van der Waals surface area contributed by atoms with E-state index in [4.69, 9.17) is 4.74 Å². The molecule has 3 aromatic rings. The zero-order valence-corrected chi connectivity index (χ0v) is 17.4. The molecule has 0 radical (unpaired) electrons. The Kier molecular flexibility index (Phi) is 6.28. The van der Waals surface area contributed by atoms with E-state index in [1.165, 1.54) is 4.90 Å². The van der Waals surface area contributed by atoms with Crippen molar-refractivity contribution in [1.82, 2.24) is 14.7 Å². The van der Waals surface area contributed by atoms with Crippen LogP contribution in [0.4, 0.5) is 11.4 Å². The average molecular weight is 419 g/mol. The molecule has 0 bridgehead atoms. The molecule has 31 heavy (non-hydrogen) atoms. The highest BCUT2D eigenvalue weighted by molar-refractivity contribution is 5.99. The molecule has 0 saturated carbocycles. The summed E-state index contributed by atoms with van der Waals surface area (Å²) in [6, 6.07) is 16.7. The van der Waals surface area contributed by atoms with Crippen molar-refractivity contribution in [3.8, 4) is 5.69 Å². The Hall–Kier alpha value is -3.65. The molecule has 8 heteroatoms. The topological polar surface area (TPSA) is 79.7 Å². The fourth-order valence-corrected chi connectivity index (χ4v) is 3.46. The molecular formula is C23H25N5O3. The van der Waals surface area contributed by atoms with Crippen LogP contribution in [0.2, 0.25) is 0 Å². The molecule has 1 N–H and O–H groups in total. The zero-order valence-electron chi connectivity index (χ0n) is 17.4. The number of nitrogens with one attached hydrogen (secondary N) is 1. The first kappa shape index (κ1) is 20.6. The molecule has 1 aliphatic rings. The Morgan fingerprint density at radius 3 is 2.35 bits per heavy atom. The summed E-state index contributed by atoms with van der Waals surface area (Å²) in [6.45, 7) is 3.14. The van der Waals surface area contributed by atoms with Gasteiger partial charge in [0, 0.05) is 49.5 Å². The Bertz CT molecular complexity index is 1010. The lowest BCUT2D eigenvalue weighted by atomic mass is 10.2. The molecular weight excluding hydrogens is 394 g/mol. The summed E-state index contributed by atoms with van der Waals surface area (Å²) in [5.41, 5.74) is 3.18. The minimum absolute atomic E-state index is 0.0367. The maximum atomic E-state index is 12.7. The van der Waals surface area contributed by atoms with Crippen LogP contribution >= 0.6 is 0 Å².